The van der Waals surface area contributed by atoms with Crippen LogP contribution in [0.2, 0.25) is 0 Å². The number of nitrogens with one attached hydrogen (secondary N) is 1. The molecule has 33 heavy (non-hydrogen) atoms. The lowest BCUT2D eigenvalue weighted by Crippen LogP contribution is -2.30. The normalized spacial score (nSPS) is 12.3. The smallest absolute Gasteiger partial charge is 0.422 e. The number of alkyl halides is 5. The summed E-state index contributed by atoms with van der Waals surface area (Å²) in [6.45, 7) is 1.85. The predicted molar refractivity (Wildman–Crippen MR) is 112 cm³/mol. The van der Waals surface area contributed by atoms with E-state index in [1.54, 1.807) is 37.9 Å². The molecule has 0 bridgehead atoms. The Morgan fingerprint density at radius 2 is 1.70 bits per heavy atom. The topological polar surface area (TPSA) is 75.7 Å². The molecule has 0 aliphatic heterocycles. The molecule has 0 heterocycles. The van der Waals surface area contributed by atoms with Crippen LogP contribution in [0.4, 0.5) is 27.6 Å². The zero-order valence-corrected chi connectivity index (χ0v) is 18.9. The average molecular weight is 494 g/mol. The van der Waals surface area contributed by atoms with E-state index in [0.717, 1.165) is 6.07 Å². The fraction of sp³-hybridized carbons (Fsp3) is 0.381. The maximum absolute atomic E-state index is 12.9. The number of hydrogen-bond donors (Lipinski definition) is 1. The number of halogens is 5. The molecule has 1 N–H and O–H groups in total. The largest absolute Gasteiger partial charge is 0.484 e. The summed E-state index contributed by atoms with van der Waals surface area (Å²) in [5, 5.41) is 2.33. The Morgan fingerprint density at radius 3 is 2.24 bits per heavy atom. The van der Waals surface area contributed by atoms with Crippen molar-refractivity contribution < 1.29 is 39.9 Å². The number of benzene rings is 2. The third-order valence-electron chi connectivity index (χ3n) is 4.47. The molecule has 0 unspecified atom stereocenters. The molecule has 0 radical (unpaired) electrons. The Balaban J connectivity index is 2.06. The monoisotopic (exact) mass is 494 g/mol. The van der Waals surface area contributed by atoms with E-state index in [4.69, 9.17) is 4.74 Å². The van der Waals surface area contributed by atoms with Gasteiger partial charge in [0.25, 0.3) is 0 Å². The van der Waals surface area contributed by atoms with Gasteiger partial charge in [-0.2, -0.15) is 22.0 Å². The van der Waals surface area contributed by atoms with Crippen LogP contribution in [-0.4, -0.2) is 51.4 Å². The average Bonchev–Trinajstić information content (AvgIpc) is 2.66. The Kier molecular flexibility index (Phi) is 8.41. The zero-order valence-electron chi connectivity index (χ0n) is 18.0. The van der Waals surface area contributed by atoms with Gasteiger partial charge in [0, 0.05) is 6.54 Å². The maximum atomic E-state index is 12.9. The highest BCUT2D eigenvalue weighted by Crippen LogP contribution is 2.28. The van der Waals surface area contributed by atoms with Crippen molar-refractivity contribution in [1.82, 2.24) is 4.90 Å². The van der Waals surface area contributed by atoms with Crippen molar-refractivity contribution in [2.24, 2.45) is 0 Å². The van der Waals surface area contributed by atoms with Crippen LogP contribution in [0, 0.1) is 13.8 Å². The number of likely N-dealkylation sites (N-methyl/N-ethyl adjacent to an activating group) is 1. The van der Waals surface area contributed by atoms with Gasteiger partial charge in [-0.1, -0.05) is 24.3 Å². The molecule has 0 aliphatic carbocycles. The summed E-state index contributed by atoms with van der Waals surface area (Å²) in [6, 6.07) is 8.13. The van der Waals surface area contributed by atoms with Gasteiger partial charge < -0.3 is 10.1 Å². The molecular weight excluding hydrogens is 471 g/mol. The van der Waals surface area contributed by atoms with Crippen molar-refractivity contribution in [1.29, 1.82) is 0 Å². The standard InChI is InChI=1S/C21H23F5N2O4S/c1-13-8-15(9-14(2)19(13)32-12-21(24,25)26)10-28(3)11-18(29)27-16-6-4-5-7-17(16)33(30,31)20(22)23/h4-9,20H,10-12H2,1-3H3,(H,27,29). The zero-order chi connectivity index (χ0) is 25.0. The van der Waals surface area contributed by atoms with E-state index in [9.17, 15) is 35.2 Å². The molecular formula is C21H23F5N2O4S. The fourth-order valence-electron chi connectivity index (χ4n) is 3.23. The Labute approximate surface area is 188 Å². The summed E-state index contributed by atoms with van der Waals surface area (Å²) >= 11 is 0. The Hall–Kier alpha value is -2.73. The van der Waals surface area contributed by atoms with Crippen molar-refractivity contribution >= 4 is 21.4 Å². The first-order valence-corrected chi connectivity index (χ1v) is 11.1. The molecule has 0 saturated carbocycles. The summed E-state index contributed by atoms with van der Waals surface area (Å²) in [5.74, 6) is -4.13. The number of amides is 1. The first-order chi connectivity index (χ1) is 15.2. The summed E-state index contributed by atoms with van der Waals surface area (Å²) in [6.07, 6.45) is -4.46. The number of nitrogens with zero attached hydrogens (tertiary/aromatic N) is 1. The van der Waals surface area contributed by atoms with Crippen LogP contribution in [0.5, 0.6) is 5.75 Å². The second-order valence-corrected chi connectivity index (χ2v) is 9.37. The summed E-state index contributed by atoms with van der Waals surface area (Å²) in [4.78, 5) is 13.3. The van der Waals surface area contributed by atoms with Crippen LogP contribution in [0.1, 0.15) is 16.7 Å². The van der Waals surface area contributed by atoms with Crippen molar-refractivity contribution in [3.63, 3.8) is 0 Å². The number of hydrogen-bond acceptors (Lipinski definition) is 5. The molecule has 2 aromatic carbocycles. The lowest BCUT2D eigenvalue weighted by Gasteiger charge is -2.19. The van der Waals surface area contributed by atoms with Crippen LogP contribution >= 0.6 is 0 Å². The van der Waals surface area contributed by atoms with E-state index >= 15 is 0 Å². The molecule has 2 rings (SSSR count). The van der Waals surface area contributed by atoms with Gasteiger partial charge in [-0.3, -0.25) is 9.69 Å². The van der Waals surface area contributed by atoms with E-state index in [0.29, 0.717) is 16.7 Å². The van der Waals surface area contributed by atoms with Gasteiger partial charge >= 0.3 is 11.9 Å². The van der Waals surface area contributed by atoms with E-state index in [-0.39, 0.29) is 24.5 Å². The highest BCUT2D eigenvalue weighted by molar-refractivity contribution is 7.91. The van der Waals surface area contributed by atoms with Crippen LogP contribution in [0.25, 0.3) is 0 Å². The first-order valence-electron chi connectivity index (χ1n) is 9.60. The molecule has 0 saturated heterocycles. The number of carbonyl (C=O) groups is 1. The summed E-state index contributed by atoms with van der Waals surface area (Å²) in [5.41, 5.74) is 1.45. The first kappa shape index (κ1) is 26.5. The number of carbonyl (C=O) groups excluding carboxylic acids is 1. The van der Waals surface area contributed by atoms with Gasteiger partial charge in [0.05, 0.1) is 17.1 Å². The molecule has 0 aromatic heterocycles. The molecule has 0 fully saturated rings. The van der Waals surface area contributed by atoms with Gasteiger partial charge in [-0.05, 0) is 49.7 Å². The van der Waals surface area contributed by atoms with Gasteiger partial charge in [0.1, 0.15) is 5.75 Å². The van der Waals surface area contributed by atoms with E-state index in [2.05, 4.69) is 5.32 Å². The highest BCUT2D eigenvalue weighted by Gasteiger charge is 2.30. The minimum atomic E-state index is -4.90. The SMILES string of the molecule is Cc1cc(CN(C)CC(=O)Nc2ccccc2S(=O)(=O)C(F)F)cc(C)c1OCC(F)(F)F. The molecule has 0 spiro atoms. The minimum absolute atomic E-state index is 0.133. The van der Waals surface area contributed by atoms with E-state index in [1.165, 1.54) is 18.2 Å². The molecule has 6 nitrogen and oxygen atoms in total. The second-order valence-electron chi connectivity index (χ2n) is 7.48. The Bertz CT molecular complexity index is 1080. The van der Waals surface area contributed by atoms with Gasteiger partial charge in [0.15, 0.2) is 6.61 Å². The molecule has 182 valence electrons. The quantitative estimate of drug-likeness (QED) is 0.526. The van der Waals surface area contributed by atoms with Crippen LogP contribution in [0.3, 0.4) is 0 Å². The third-order valence-corrected chi connectivity index (χ3v) is 5.91. The number of sulfone groups is 1. The second kappa shape index (κ2) is 10.5. The molecule has 1 amide bonds. The van der Waals surface area contributed by atoms with Gasteiger partial charge in [0.2, 0.25) is 15.7 Å². The number of anilines is 1. The van der Waals surface area contributed by atoms with Crippen molar-refractivity contribution in [2.45, 2.75) is 37.2 Å². The van der Waals surface area contributed by atoms with Crippen LogP contribution in [-0.2, 0) is 21.2 Å². The summed E-state index contributed by atoms with van der Waals surface area (Å²) < 4.78 is 91.5. The lowest BCUT2D eigenvalue weighted by molar-refractivity contribution is -0.153. The fourth-order valence-corrected chi connectivity index (χ4v) is 4.12. The molecule has 0 atom stereocenters. The lowest BCUT2D eigenvalue weighted by atomic mass is 10.1. The van der Waals surface area contributed by atoms with E-state index in [1.807, 2.05) is 0 Å². The number of ether oxygens (including phenoxy) is 1. The highest BCUT2D eigenvalue weighted by atomic mass is 32.2. The van der Waals surface area contributed by atoms with Gasteiger partial charge in [-0.15, -0.1) is 0 Å². The Morgan fingerprint density at radius 1 is 1.12 bits per heavy atom. The molecule has 0 aliphatic rings. The van der Waals surface area contributed by atoms with Crippen molar-refractivity contribution in [3.8, 4) is 5.75 Å². The number of aryl methyl sites for hydroxylation is 2. The van der Waals surface area contributed by atoms with Crippen LogP contribution in [0.15, 0.2) is 41.3 Å². The maximum Gasteiger partial charge on any atom is 0.422 e. The van der Waals surface area contributed by atoms with Crippen LogP contribution < -0.4 is 10.1 Å². The van der Waals surface area contributed by atoms with Gasteiger partial charge in [-0.25, -0.2) is 8.42 Å². The van der Waals surface area contributed by atoms with Crippen molar-refractivity contribution in [2.75, 3.05) is 25.5 Å². The number of rotatable bonds is 9. The predicted octanol–water partition coefficient (Wildman–Crippen LogP) is 4.31. The molecule has 2 aromatic rings. The van der Waals surface area contributed by atoms with Crippen molar-refractivity contribution in [3.05, 3.63) is 53.1 Å². The summed E-state index contributed by atoms with van der Waals surface area (Å²) in [7, 11) is -3.30. The van der Waals surface area contributed by atoms with E-state index < -0.39 is 39.2 Å². The number of para-hydroxylation sites is 1. The minimum Gasteiger partial charge on any atom is -0.484 e. The third kappa shape index (κ3) is 7.39. The molecule has 12 heteroatoms.